The number of rotatable bonds is 4. The second-order valence-electron chi connectivity index (χ2n) is 4.04. The van der Waals surface area contributed by atoms with Gasteiger partial charge in [0.15, 0.2) is 5.96 Å². The van der Waals surface area contributed by atoms with Gasteiger partial charge in [-0.3, -0.25) is 4.99 Å². The average molecular weight is 223 g/mol. The number of hydrogen-bond donors (Lipinski definition) is 1. The molecule has 0 aromatic rings. The van der Waals surface area contributed by atoms with Gasteiger partial charge in [-0.25, -0.2) is 0 Å². The van der Waals surface area contributed by atoms with Gasteiger partial charge in [-0.15, -0.1) is 12.3 Å². The highest BCUT2D eigenvalue weighted by Gasteiger charge is 2.18. The fourth-order valence-corrected chi connectivity index (χ4v) is 1.83. The zero-order valence-corrected chi connectivity index (χ0v) is 10.2. The zero-order valence-electron chi connectivity index (χ0n) is 10.2. The fourth-order valence-electron chi connectivity index (χ4n) is 1.83. The van der Waals surface area contributed by atoms with Crippen LogP contribution in [0.5, 0.6) is 0 Å². The third kappa shape index (κ3) is 4.11. The van der Waals surface area contributed by atoms with Crippen molar-refractivity contribution in [1.29, 1.82) is 0 Å². The van der Waals surface area contributed by atoms with E-state index in [9.17, 15) is 0 Å². The molecule has 0 bridgehead atoms. The molecule has 4 heteroatoms. The molecule has 1 fully saturated rings. The van der Waals surface area contributed by atoms with Crippen LogP contribution in [-0.4, -0.2) is 51.3 Å². The first-order valence-corrected chi connectivity index (χ1v) is 5.71. The van der Waals surface area contributed by atoms with Crippen molar-refractivity contribution in [2.24, 2.45) is 10.9 Å². The Kier molecular flexibility index (Phi) is 5.73. The number of nitrogens with zero attached hydrogens (tertiary/aromatic N) is 2. The zero-order chi connectivity index (χ0) is 11.8. The van der Waals surface area contributed by atoms with Gasteiger partial charge in [0.2, 0.25) is 0 Å². The minimum absolute atomic E-state index is 0.621. The van der Waals surface area contributed by atoms with Crippen molar-refractivity contribution < 1.29 is 4.74 Å². The van der Waals surface area contributed by atoms with Crippen LogP contribution in [0, 0.1) is 18.3 Å². The Bertz CT molecular complexity index is 264. The lowest BCUT2D eigenvalue weighted by Gasteiger charge is -2.24. The van der Waals surface area contributed by atoms with Gasteiger partial charge in [0.05, 0.1) is 6.61 Å². The molecule has 0 aromatic heterocycles. The van der Waals surface area contributed by atoms with Crippen LogP contribution in [0.3, 0.4) is 0 Å². The van der Waals surface area contributed by atoms with E-state index in [2.05, 4.69) is 21.1 Å². The van der Waals surface area contributed by atoms with Crippen LogP contribution in [-0.2, 0) is 4.74 Å². The van der Waals surface area contributed by atoms with Gasteiger partial charge in [-0.1, -0.05) is 0 Å². The molecule has 1 aliphatic heterocycles. The number of hydrogen-bond acceptors (Lipinski definition) is 2. The van der Waals surface area contributed by atoms with E-state index in [1.165, 1.54) is 0 Å². The van der Waals surface area contributed by atoms with Gasteiger partial charge in [0.1, 0.15) is 0 Å². The fraction of sp³-hybridized carbons (Fsp3) is 0.750. The quantitative estimate of drug-likeness (QED) is 0.327. The van der Waals surface area contributed by atoms with E-state index in [1.807, 2.05) is 7.05 Å². The first-order valence-electron chi connectivity index (χ1n) is 5.71. The highest BCUT2D eigenvalue weighted by molar-refractivity contribution is 5.79. The van der Waals surface area contributed by atoms with Crippen LogP contribution < -0.4 is 5.32 Å². The summed E-state index contributed by atoms with van der Waals surface area (Å²) in [6.07, 6.45) is 7.07. The maximum Gasteiger partial charge on any atom is 0.193 e. The first kappa shape index (κ1) is 12.9. The van der Waals surface area contributed by atoms with Gasteiger partial charge >= 0.3 is 0 Å². The lowest BCUT2D eigenvalue weighted by molar-refractivity contribution is 0.181. The summed E-state index contributed by atoms with van der Waals surface area (Å²) in [7, 11) is 3.84. The summed E-state index contributed by atoms with van der Waals surface area (Å²) in [5, 5.41) is 3.24. The summed E-state index contributed by atoms with van der Waals surface area (Å²) < 4.78 is 5.36. The second kappa shape index (κ2) is 7.13. The van der Waals surface area contributed by atoms with Gasteiger partial charge in [-0.05, 0) is 6.42 Å². The molecule has 1 aliphatic rings. The van der Waals surface area contributed by atoms with Crippen molar-refractivity contribution in [1.82, 2.24) is 10.2 Å². The number of aliphatic imine (C=N–C) groups is 1. The van der Waals surface area contributed by atoms with Crippen molar-refractivity contribution in [3.8, 4) is 12.3 Å². The minimum Gasteiger partial charge on any atom is -0.381 e. The third-order valence-corrected chi connectivity index (χ3v) is 2.68. The SMILES string of the molecule is C#CCCNC(=NC)N(C)CC1CCOC1. The summed E-state index contributed by atoms with van der Waals surface area (Å²) in [4.78, 5) is 6.36. The van der Waals surface area contributed by atoms with Crippen molar-refractivity contribution in [3.05, 3.63) is 0 Å². The van der Waals surface area contributed by atoms with Crippen LogP contribution in [0.25, 0.3) is 0 Å². The topological polar surface area (TPSA) is 36.9 Å². The average Bonchev–Trinajstić information content (AvgIpc) is 2.77. The Morgan fingerprint density at radius 3 is 3.06 bits per heavy atom. The summed E-state index contributed by atoms with van der Waals surface area (Å²) in [5.74, 6) is 4.13. The lowest BCUT2D eigenvalue weighted by atomic mass is 10.1. The number of guanidine groups is 1. The summed E-state index contributed by atoms with van der Waals surface area (Å²) in [6, 6.07) is 0. The monoisotopic (exact) mass is 223 g/mol. The van der Waals surface area contributed by atoms with E-state index < -0.39 is 0 Å². The Morgan fingerprint density at radius 2 is 2.50 bits per heavy atom. The Hall–Kier alpha value is -1.21. The molecule has 0 aromatic carbocycles. The summed E-state index contributed by atoms with van der Waals surface area (Å²) in [5.41, 5.74) is 0. The summed E-state index contributed by atoms with van der Waals surface area (Å²) >= 11 is 0. The van der Waals surface area contributed by atoms with E-state index in [1.54, 1.807) is 7.05 Å². The molecular weight excluding hydrogens is 202 g/mol. The lowest BCUT2D eigenvalue weighted by Crippen LogP contribution is -2.41. The first-order chi connectivity index (χ1) is 7.77. The molecule has 0 spiro atoms. The third-order valence-electron chi connectivity index (χ3n) is 2.68. The molecule has 90 valence electrons. The van der Waals surface area contributed by atoms with Crippen molar-refractivity contribution >= 4 is 5.96 Å². The maximum absolute atomic E-state index is 5.36. The molecule has 1 N–H and O–H groups in total. The van der Waals surface area contributed by atoms with Crippen LogP contribution in [0.15, 0.2) is 4.99 Å². The Labute approximate surface area is 98.1 Å². The van der Waals surface area contributed by atoms with Crippen LogP contribution in [0.2, 0.25) is 0 Å². The molecular formula is C12H21N3O. The number of ether oxygens (including phenoxy) is 1. The van der Waals surface area contributed by atoms with Crippen LogP contribution in [0.4, 0.5) is 0 Å². The molecule has 1 rings (SSSR count). The van der Waals surface area contributed by atoms with Crippen molar-refractivity contribution in [2.45, 2.75) is 12.8 Å². The van der Waals surface area contributed by atoms with Crippen LogP contribution >= 0.6 is 0 Å². The summed E-state index contributed by atoms with van der Waals surface area (Å²) in [6.45, 7) is 3.51. The standard InChI is InChI=1S/C12H21N3O/c1-4-5-7-14-12(13-2)15(3)9-11-6-8-16-10-11/h1,11H,5-10H2,2-3H3,(H,13,14). The largest absolute Gasteiger partial charge is 0.381 e. The molecule has 0 aliphatic carbocycles. The Morgan fingerprint density at radius 1 is 1.69 bits per heavy atom. The maximum atomic E-state index is 5.36. The van der Waals surface area contributed by atoms with E-state index in [0.717, 1.165) is 45.1 Å². The van der Waals surface area contributed by atoms with E-state index >= 15 is 0 Å². The van der Waals surface area contributed by atoms with Gasteiger partial charge in [0.25, 0.3) is 0 Å². The molecule has 1 saturated heterocycles. The molecule has 16 heavy (non-hydrogen) atoms. The van der Waals surface area contributed by atoms with Gasteiger partial charge in [0, 0.05) is 46.1 Å². The van der Waals surface area contributed by atoms with Crippen molar-refractivity contribution in [2.75, 3.05) is 40.4 Å². The Balaban J connectivity index is 2.31. The molecule has 0 saturated carbocycles. The molecule has 1 unspecified atom stereocenters. The molecule has 1 atom stereocenters. The molecule has 1 heterocycles. The number of nitrogens with one attached hydrogen (secondary N) is 1. The predicted molar refractivity (Wildman–Crippen MR) is 66.4 cm³/mol. The van der Waals surface area contributed by atoms with Gasteiger partial charge in [-0.2, -0.15) is 0 Å². The van der Waals surface area contributed by atoms with Crippen LogP contribution in [0.1, 0.15) is 12.8 Å². The van der Waals surface area contributed by atoms with Crippen molar-refractivity contribution in [3.63, 3.8) is 0 Å². The smallest absolute Gasteiger partial charge is 0.193 e. The van der Waals surface area contributed by atoms with E-state index in [4.69, 9.17) is 11.2 Å². The van der Waals surface area contributed by atoms with Gasteiger partial charge < -0.3 is 15.0 Å². The minimum atomic E-state index is 0.621. The number of terminal acetylenes is 1. The molecule has 0 amide bonds. The van der Waals surface area contributed by atoms with E-state index in [0.29, 0.717) is 5.92 Å². The second-order valence-corrected chi connectivity index (χ2v) is 4.04. The normalized spacial score (nSPS) is 20.6. The predicted octanol–water partition coefficient (Wildman–Crippen LogP) is 0.553. The molecule has 0 radical (unpaired) electrons. The highest BCUT2D eigenvalue weighted by Crippen LogP contribution is 2.13. The molecule has 4 nitrogen and oxygen atoms in total. The van der Waals surface area contributed by atoms with E-state index in [-0.39, 0.29) is 0 Å². The highest BCUT2D eigenvalue weighted by atomic mass is 16.5.